The zero-order valence-electron chi connectivity index (χ0n) is 16.7. The number of esters is 2. The van der Waals surface area contributed by atoms with Crippen LogP contribution in [0.25, 0.3) is 6.08 Å². The Kier molecular flexibility index (Phi) is 11.5. The van der Waals surface area contributed by atoms with E-state index in [9.17, 15) is 9.59 Å². The molecule has 150 valence electrons. The van der Waals surface area contributed by atoms with Gasteiger partial charge in [0.2, 0.25) is 0 Å². The quantitative estimate of drug-likeness (QED) is 0.494. The van der Waals surface area contributed by atoms with Crippen molar-refractivity contribution in [2.45, 2.75) is 20.8 Å². The highest BCUT2D eigenvalue weighted by atomic mass is 16.6. The highest BCUT2D eigenvalue weighted by Crippen LogP contribution is 2.07. The molecular weight excluding hydrogens is 356 g/mol. The molecule has 0 aromatic heterocycles. The van der Waals surface area contributed by atoms with Crippen LogP contribution in [0.5, 0.6) is 5.75 Å². The van der Waals surface area contributed by atoms with Gasteiger partial charge < -0.3 is 14.2 Å². The van der Waals surface area contributed by atoms with Crippen LogP contribution in [0, 0.1) is 5.92 Å². The van der Waals surface area contributed by atoms with Crippen molar-refractivity contribution in [1.82, 2.24) is 0 Å². The smallest absolute Gasteiger partial charge is 0.308 e. The van der Waals surface area contributed by atoms with E-state index in [1.165, 1.54) is 6.92 Å². The molecule has 0 fully saturated rings. The lowest BCUT2D eigenvalue weighted by molar-refractivity contribution is -0.148. The Morgan fingerprint density at radius 3 is 2.07 bits per heavy atom. The summed E-state index contributed by atoms with van der Waals surface area (Å²) in [6.07, 6.45) is 3.74. The fourth-order valence-corrected chi connectivity index (χ4v) is 1.90. The first-order valence-electron chi connectivity index (χ1n) is 9.18. The molecule has 0 bridgehead atoms. The third kappa shape index (κ3) is 11.5. The van der Waals surface area contributed by atoms with Crippen LogP contribution in [0.15, 0.2) is 66.7 Å². The second-order valence-corrected chi connectivity index (χ2v) is 6.10. The number of rotatable bonds is 8. The van der Waals surface area contributed by atoms with E-state index in [0.29, 0.717) is 19.8 Å². The minimum absolute atomic E-state index is 0.0817. The van der Waals surface area contributed by atoms with Crippen molar-refractivity contribution in [3.8, 4) is 5.75 Å². The molecule has 2 aromatic carbocycles. The van der Waals surface area contributed by atoms with Crippen LogP contribution in [0.1, 0.15) is 26.3 Å². The fraction of sp³-hybridized carbons (Fsp3) is 0.304. The topological polar surface area (TPSA) is 61.8 Å². The van der Waals surface area contributed by atoms with Gasteiger partial charge in [0.1, 0.15) is 25.6 Å². The predicted molar refractivity (Wildman–Crippen MR) is 110 cm³/mol. The summed E-state index contributed by atoms with van der Waals surface area (Å²) in [7, 11) is 0. The molecule has 0 spiro atoms. The third-order valence-corrected chi connectivity index (χ3v) is 3.30. The number of para-hydroxylation sites is 1. The number of hydrogen-bond donors (Lipinski definition) is 0. The number of benzene rings is 2. The second kappa shape index (κ2) is 14.0. The van der Waals surface area contributed by atoms with E-state index < -0.39 is 0 Å². The van der Waals surface area contributed by atoms with Gasteiger partial charge >= 0.3 is 11.9 Å². The van der Waals surface area contributed by atoms with Crippen molar-refractivity contribution < 1.29 is 23.8 Å². The van der Waals surface area contributed by atoms with Crippen molar-refractivity contribution >= 4 is 18.0 Å². The Morgan fingerprint density at radius 2 is 1.50 bits per heavy atom. The molecule has 2 aromatic rings. The molecule has 5 nitrogen and oxygen atoms in total. The Balaban J connectivity index is 0.000000283. The Morgan fingerprint density at radius 1 is 0.893 bits per heavy atom. The molecule has 0 heterocycles. The zero-order valence-corrected chi connectivity index (χ0v) is 16.7. The van der Waals surface area contributed by atoms with E-state index in [1.54, 1.807) is 13.8 Å². The van der Waals surface area contributed by atoms with Crippen LogP contribution in [0.4, 0.5) is 0 Å². The van der Waals surface area contributed by atoms with Gasteiger partial charge in [0.05, 0.1) is 5.92 Å². The monoisotopic (exact) mass is 384 g/mol. The third-order valence-electron chi connectivity index (χ3n) is 3.30. The van der Waals surface area contributed by atoms with E-state index in [1.807, 2.05) is 72.8 Å². The van der Waals surface area contributed by atoms with Crippen LogP contribution in [-0.2, 0) is 19.1 Å². The van der Waals surface area contributed by atoms with Gasteiger partial charge in [0.25, 0.3) is 0 Å². The lowest BCUT2D eigenvalue weighted by Gasteiger charge is -2.08. The Bertz CT molecular complexity index is 708. The molecule has 0 saturated heterocycles. The van der Waals surface area contributed by atoms with Crippen molar-refractivity contribution in [2.24, 2.45) is 5.92 Å². The molecule has 0 atom stereocenters. The van der Waals surface area contributed by atoms with Gasteiger partial charge in [-0.2, -0.15) is 0 Å². The van der Waals surface area contributed by atoms with Gasteiger partial charge in [-0.1, -0.05) is 68.5 Å². The summed E-state index contributed by atoms with van der Waals surface area (Å²) in [6.45, 7) is 6.04. The maximum atomic E-state index is 11.1. The highest BCUT2D eigenvalue weighted by molar-refractivity contribution is 5.71. The van der Waals surface area contributed by atoms with E-state index in [4.69, 9.17) is 14.2 Å². The molecular formula is C23H28O5. The summed E-state index contributed by atoms with van der Waals surface area (Å²) >= 11 is 0. The van der Waals surface area contributed by atoms with E-state index in [2.05, 4.69) is 0 Å². The Labute approximate surface area is 166 Å². The lowest BCUT2D eigenvalue weighted by atomic mass is 10.2. The number of carbonyl (C=O) groups excluding carboxylic acids is 2. The fourth-order valence-electron chi connectivity index (χ4n) is 1.90. The van der Waals surface area contributed by atoms with Gasteiger partial charge in [-0.15, -0.1) is 0 Å². The molecule has 0 unspecified atom stereocenters. The zero-order chi connectivity index (χ0) is 20.6. The molecule has 0 radical (unpaired) electrons. The molecule has 0 amide bonds. The van der Waals surface area contributed by atoms with E-state index >= 15 is 0 Å². The van der Waals surface area contributed by atoms with Crippen LogP contribution in [0.2, 0.25) is 0 Å². The van der Waals surface area contributed by atoms with Crippen molar-refractivity contribution in [2.75, 3.05) is 19.8 Å². The minimum atomic E-state index is -0.252. The summed E-state index contributed by atoms with van der Waals surface area (Å²) in [5, 5.41) is 0. The normalized spacial score (nSPS) is 10.1. The molecule has 0 aliphatic carbocycles. The van der Waals surface area contributed by atoms with Gasteiger partial charge in [-0.3, -0.25) is 9.59 Å². The van der Waals surface area contributed by atoms with E-state index in [-0.39, 0.29) is 17.9 Å². The van der Waals surface area contributed by atoms with Crippen LogP contribution in [0.3, 0.4) is 0 Å². The molecule has 5 heteroatoms. The van der Waals surface area contributed by atoms with Crippen molar-refractivity contribution in [1.29, 1.82) is 0 Å². The second-order valence-electron chi connectivity index (χ2n) is 6.10. The summed E-state index contributed by atoms with van der Waals surface area (Å²) in [5.41, 5.74) is 1.11. The summed E-state index contributed by atoms with van der Waals surface area (Å²) in [5.74, 6) is 0.268. The van der Waals surface area contributed by atoms with Gasteiger partial charge in [-0.25, -0.2) is 0 Å². The number of ether oxygens (including phenoxy) is 3. The first-order chi connectivity index (χ1) is 13.5. The molecule has 0 N–H and O–H groups in total. The van der Waals surface area contributed by atoms with E-state index in [0.717, 1.165) is 11.3 Å². The summed E-state index contributed by atoms with van der Waals surface area (Å²) < 4.78 is 15.1. The molecule has 28 heavy (non-hydrogen) atoms. The van der Waals surface area contributed by atoms with Crippen molar-refractivity contribution in [3.63, 3.8) is 0 Å². The van der Waals surface area contributed by atoms with Crippen molar-refractivity contribution in [3.05, 3.63) is 72.3 Å². The number of hydrogen-bond acceptors (Lipinski definition) is 5. The predicted octanol–water partition coefficient (Wildman–Crippen LogP) is 4.53. The minimum Gasteiger partial charge on any atom is -0.490 e. The van der Waals surface area contributed by atoms with Crippen LogP contribution in [-0.4, -0.2) is 31.8 Å². The van der Waals surface area contributed by atoms with Crippen LogP contribution >= 0.6 is 0 Å². The number of carbonyl (C=O) groups is 2. The van der Waals surface area contributed by atoms with Crippen LogP contribution < -0.4 is 4.74 Å². The van der Waals surface area contributed by atoms with Gasteiger partial charge in [0, 0.05) is 6.92 Å². The molecule has 0 saturated carbocycles. The average molecular weight is 384 g/mol. The standard InChI is InChI=1S/C12H16O3.C11H12O2/c1-10(2)12(13)15-9-8-14-11-6-4-3-5-7-11;1-10(12)13-9-5-8-11-6-3-2-4-7-11/h3-7,10H,8-9H2,1-2H3;2-8H,9H2,1H3. The first kappa shape index (κ1) is 23.0. The first-order valence-corrected chi connectivity index (χ1v) is 9.18. The SMILES string of the molecule is CC(=O)OCC=Cc1ccccc1.CC(C)C(=O)OCCOc1ccccc1. The Hall–Kier alpha value is -3.08. The maximum Gasteiger partial charge on any atom is 0.308 e. The van der Waals surface area contributed by atoms with Gasteiger partial charge in [0.15, 0.2) is 0 Å². The molecule has 0 aliphatic rings. The summed E-state index contributed by atoms with van der Waals surface area (Å²) in [4.78, 5) is 21.5. The maximum absolute atomic E-state index is 11.1. The average Bonchev–Trinajstić information content (AvgIpc) is 2.70. The molecule has 2 rings (SSSR count). The highest BCUT2D eigenvalue weighted by Gasteiger charge is 2.07. The van der Waals surface area contributed by atoms with Gasteiger partial charge in [-0.05, 0) is 23.8 Å². The largest absolute Gasteiger partial charge is 0.490 e. The molecule has 0 aliphatic heterocycles. The summed E-state index contributed by atoms with van der Waals surface area (Å²) in [6, 6.07) is 19.3. The lowest BCUT2D eigenvalue weighted by Crippen LogP contribution is -2.16.